The van der Waals surface area contributed by atoms with Crippen LogP contribution in [0.15, 0.2) is 0 Å². The normalized spacial score (nSPS) is 10.2. The van der Waals surface area contributed by atoms with E-state index >= 15 is 0 Å². The van der Waals surface area contributed by atoms with Gasteiger partial charge in [0, 0.05) is 31.8 Å². The van der Waals surface area contributed by atoms with E-state index in [1.165, 1.54) is 28.4 Å². The molecule has 22 heavy (non-hydrogen) atoms. The van der Waals surface area contributed by atoms with E-state index < -0.39 is 0 Å². The minimum atomic E-state index is 0.0170. The van der Waals surface area contributed by atoms with Crippen LogP contribution in [0.4, 0.5) is 0 Å². The molecular weight excluding hydrogens is 292 g/mol. The summed E-state index contributed by atoms with van der Waals surface area (Å²) in [7, 11) is 6.00. The molecule has 0 radical (unpaired) electrons. The van der Waals surface area contributed by atoms with Gasteiger partial charge < -0.3 is 33.2 Å². The SMILES string of the molecule is COCOc1c(C)c(CC=O)c(OCOC)c(OC)c1OC. The third-order valence-corrected chi connectivity index (χ3v) is 3.02. The Morgan fingerprint density at radius 1 is 0.818 bits per heavy atom. The van der Waals surface area contributed by atoms with E-state index in [2.05, 4.69) is 0 Å². The van der Waals surface area contributed by atoms with Crippen LogP contribution in [0.2, 0.25) is 0 Å². The predicted octanol–water partition coefficient (Wildman–Crippen LogP) is 1.72. The Bertz CT molecular complexity index is 499. The third kappa shape index (κ3) is 3.80. The van der Waals surface area contributed by atoms with Crippen molar-refractivity contribution >= 4 is 6.29 Å². The topological polar surface area (TPSA) is 72.5 Å². The molecule has 0 unspecified atom stereocenters. The Hall–Kier alpha value is -1.99. The fourth-order valence-electron chi connectivity index (χ4n) is 2.08. The monoisotopic (exact) mass is 314 g/mol. The first-order valence-corrected chi connectivity index (χ1v) is 6.60. The van der Waals surface area contributed by atoms with E-state index in [4.69, 9.17) is 28.4 Å². The average molecular weight is 314 g/mol. The van der Waals surface area contributed by atoms with Crippen LogP contribution >= 0.6 is 0 Å². The van der Waals surface area contributed by atoms with Crippen molar-refractivity contribution in [2.24, 2.45) is 0 Å². The zero-order chi connectivity index (χ0) is 16.5. The highest BCUT2D eigenvalue weighted by Gasteiger charge is 2.26. The van der Waals surface area contributed by atoms with Crippen molar-refractivity contribution in [1.29, 1.82) is 0 Å². The third-order valence-electron chi connectivity index (χ3n) is 3.02. The number of ether oxygens (including phenoxy) is 6. The van der Waals surface area contributed by atoms with Gasteiger partial charge in [0.2, 0.25) is 11.5 Å². The fourth-order valence-corrected chi connectivity index (χ4v) is 2.08. The molecule has 1 aromatic rings. The standard InChI is InChI=1S/C15H22O7/c1-10-11(6-7-16)13(22-9-18-3)15(20-5)14(19-4)12(10)21-8-17-2/h7H,6,8-9H2,1-5H3. The van der Waals surface area contributed by atoms with E-state index in [-0.39, 0.29) is 20.0 Å². The predicted molar refractivity (Wildman–Crippen MR) is 79.1 cm³/mol. The maximum Gasteiger partial charge on any atom is 0.207 e. The second-order valence-corrected chi connectivity index (χ2v) is 4.30. The molecule has 0 heterocycles. The minimum absolute atomic E-state index is 0.0170. The van der Waals surface area contributed by atoms with Gasteiger partial charge in [0.25, 0.3) is 0 Å². The van der Waals surface area contributed by atoms with Gasteiger partial charge in [0.05, 0.1) is 14.2 Å². The second-order valence-electron chi connectivity index (χ2n) is 4.30. The lowest BCUT2D eigenvalue weighted by Crippen LogP contribution is -2.10. The smallest absolute Gasteiger partial charge is 0.207 e. The zero-order valence-electron chi connectivity index (χ0n) is 13.6. The molecule has 1 aromatic carbocycles. The summed E-state index contributed by atoms with van der Waals surface area (Å²) >= 11 is 0. The number of hydrogen-bond donors (Lipinski definition) is 0. The van der Waals surface area contributed by atoms with Crippen LogP contribution in [0.25, 0.3) is 0 Å². The van der Waals surface area contributed by atoms with Gasteiger partial charge in [-0.3, -0.25) is 0 Å². The molecule has 0 amide bonds. The molecular formula is C15H22O7. The number of benzene rings is 1. The summed E-state index contributed by atoms with van der Waals surface area (Å²) in [5.41, 5.74) is 1.36. The Morgan fingerprint density at radius 2 is 1.32 bits per heavy atom. The van der Waals surface area contributed by atoms with Crippen molar-refractivity contribution in [1.82, 2.24) is 0 Å². The first-order valence-electron chi connectivity index (χ1n) is 6.60. The van der Waals surface area contributed by atoms with Gasteiger partial charge in [0.15, 0.2) is 25.1 Å². The van der Waals surface area contributed by atoms with Crippen LogP contribution in [0.5, 0.6) is 23.0 Å². The fraction of sp³-hybridized carbons (Fsp3) is 0.533. The molecule has 0 spiro atoms. The van der Waals surface area contributed by atoms with Crippen molar-refractivity contribution in [3.8, 4) is 23.0 Å². The summed E-state index contributed by atoms with van der Waals surface area (Å²) in [5.74, 6) is 1.56. The maximum absolute atomic E-state index is 11.0. The van der Waals surface area contributed by atoms with Crippen LogP contribution in [0.1, 0.15) is 11.1 Å². The maximum atomic E-state index is 11.0. The highest BCUT2D eigenvalue weighted by molar-refractivity contribution is 5.71. The van der Waals surface area contributed by atoms with E-state index in [0.29, 0.717) is 34.1 Å². The number of carbonyl (C=O) groups is 1. The van der Waals surface area contributed by atoms with Gasteiger partial charge in [-0.1, -0.05) is 0 Å². The molecule has 7 nitrogen and oxygen atoms in total. The largest absolute Gasteiger partial charge is 0.490 e. The van der Waals surface area contributed by atoms with Gasteiger partial charge in [-0.15, -0.1) is 0 Å². The number of rotatable bonds is 10. The quantitative estimate of drug-likeness (QED) is 0.481. The van der Waals surface area contributed by atoms with E-state index in [1.54, 1.807) is 0 Å². The lowest BCUT2D eigenvalue weighted by Gasteiger charge is -2.22. The molecule has 7 heteroatoms. The Labute approximate surface area is 130 Å². The van der Waals surface area contributed by atoms with Crippen LogP contribution in [-0.2, 0) is 20.7 Å². The number of methoxy groups -OCH3 is 4. The lowest BCUT2D eigenvalue weighted by molar-refractivity contribution is -0.107. The summed E-state index contributed by atoms with van der Waals surface area (Å²) in [6, 6.07) is 0. The molecule has 0 aromatic heterocycles. The van der Waals surface area contributed by atoms with Crippen LogP contribution < -0.4 is 18.9 Å². The van der Waals surface area contributed by atoms with Gasteiger partial charge in [-0.05, 0) is 6.92 Å². The molecule has 0 aliphatic heterocycles. The molecule has 0 atom stereocenters. The number of hydrogen-bond acceptors (Lipinski definition) is 7. The van der Waals surface area contributed by atoms with E-state index in [1.807, 2.05) is 6.92 Å². The first kappa shape index (κ1) is 18.1. The van der Waals surface area contributed by atoms with Crippen molar-refractivity contribution < 1.29 is 33.2 Å². The Balaban J connectivity index is 3.52. The number of carbonyl (C=O) groups excluding carboxylic acids is 1. The van der Waals surface area contributed by atoms with E-state index in [0.717, 1.165) is 6.29 Å². The summed E-state index contributed by atoms with van der Waals surface area (Å²) in [6.07, 6.45) is 0.933. The summed E-state index contributed by atoms with van der Waals surface area (Å²) in [4.78, 5) is 11.0. The van der Waals surface area contributed by atoms with Crippen molar-refractivity contribution in [2.75, 3.05) is 42.0 Å². The summed E-state index contributed by atoms with van der Waals surface area (Å²) < 4.78 is 31.8. The molecule has 0 fully saturated rings. The molecule has 1 rings (SSSR count). The van der Waals surface area contributed by atoms with E-state index in [9.17, 15) is 4.79 Å². The van der Waals surface area contributed by atoms with Gasteiger partial charge >= 0.3 is 0 Å². The molecule has 0 N–H and O–H groups in total. The second kappa shape index (κ2) is 9.11. The van der Waals surface area contributed by atoms with Gasteiger partial charge in [-0.25, -0.2) is 0 Å². The lowest BCUT2D eigenvalue weighted by atomic mass is 10.0. The summed E-state index contributed by atoms with van der Waals surface area (Å²) in [5, 5.41) is 0. The summed E-state index contributed by atoms with van der Waals surface area (Å²) in [6.45, 7) is 1.87. The highest BCUT2D eigenvalue weighted by Crippen LogP contribution is 2.49. The van der Waals surface area contributed by atoms with Crippen molar-refractivity contribution in [2.45, 2.75) is 13.3 Å². The molecule has 0 aliphatic carbocycles. The Morgan fingerprint density at radius 3 is 1.77 bits per heavy atom. The average Bonchev–Trinajstić information content (AvgIpc) is 2.53. The van der Waals surface area contributed by atoms with Crippen LogP contribution in [-0.4, -0.2) is 48.3 Å². The molecule has 0 saturated heterocycles. The van der Waals surface area contributed by atoms with Crippen molar-refractivity contribution in [3.63, 3.8) is 0 Å². The highest BCUT2D eigenvalue weighted by atomic mass is 16.7. The molecule has 0 saturated carbocycles. The van der Waals surface area contributed by atoms with Gasteiger partial charge in [0.1, 0.15) is 6.29 Å². The van der Waals surface area contributed by atoms with Crippen molar-refractivity contribution in [3.05, 3.63) is 11.1 Å². The number of aldehydes is 1. The van der Waals surface area contributed by atoms with Crippen LogP contribution in [0.3, 0.4) is 0 Å². The first-order chi connectivity index (χ1) is 10.7. The minimum Gasteiger partial charge on any atom is -0.490 e. The van der Waals surface area contributed by atoms with Crippen LogP contribution in [0, 0.1) is 6.92 Å². The zero-order valence-corrected chi connectivity index (χ0v) is 13.6. The van der Waals surface area contributed by atoms with Gasteiger partial charge in [-0.2, -0.15) is 0 Å². The molecule has 0 aliphatic rings. The Kier molecular flexibility index (Phi) is 7.48. The molecule has 124 valence electrons. The molecule has 0 bridgehead atoms.